The largest absolute Gasteiger partial charge is 0.356 e. The third-order valence-corrected chi connectivity index (χ3v) is 4.44. The van der Waals surface area contributed by atoms with Gasteiger partial charge in [-0.2, -0.15) is 0 Å². The molecule has 0 spiro atoms. The second-order valence-electron chi connectivity index (χ2n) is 6.13. The first-order valence-electron chi connectivity index (χ1n) is 7.74. The van der Waals surface area contributed by atoms with Gasteiger partial charge in [0.25, 0.3) is 0 Å². The van der Waals surface area contributed by atoms with E-state index in [1.165, 1.54) is 25.7 Å². The molecule has 2 aromatic rings. The zero-order valence-electron chi connectivity index (χ0n) is 12.3. The van der Waals surface area contributed by atoms with Gasteiger partial charge in [-0.3, -0.25) is 0 Å². The molecule has 1 saturated heterocycles. The number of aromatic nitrogens is 5. The second kappa shape index (κ2) is 5.09. The Morgan fingerprint density at radius 1 is 1.19 bits per heavy atom. The maximum atomic E-state index is 4.42. The van der Waals surface area contributed by atoms with Crippen molar-refractivity contribution in [2.75, 3.05) is 18.0 Å². The van der Waals surface area contributed by atoms with E-state index in [2.05, 4.69) is 35.7 Å². The Morgan fingerprint density at radius 3 is 2.90 bits per heavy atom. The van der Waals surface area contributed by atoms with E-state index in [-0.39, 0.29) is 0 Å². The summed E-state index contributed by atoms with van der Waals surface area (Å²) in [7, 11) is 0. The molecule has 6 nitrogen and oxygen atoms in total. The van der Waals surface area contributed by atoms with E-state index in [1.54, 1.807) is 6.33 Å². The van der Waals surface area contributed by atoms with Gasteiger partial charge in [-0.15, -0.1) is 10.2 Å². The molecule has 110 valence electrons. The van der Waals surface area contributed by atoms with Crippen molar-refractivity contribution in [3.8, 4) is 0 Å². The van der Waals surface area contributed by atoms with Crippen molar-refractivity contribution in [2.45, 2.75) is 44.6 Å². The van der Waals surface area contributed by atoms with E-state index in [1.807, 2.05) is 13.3 Å². The summed E-state index contributed by atoms with van der Waals surface area (Å²) in [5.74, 6) is 2.65. The van der Waals surface area contributed by atoms with Crippen molar-refractivity contribution in [1.82, 2.24) is 24.7 Å². The molecule has 1 unspecified atom stereocenters. The average molecular weight is 284 g/mol. The van der Waals surface area contributed by atoms with E-state index in [0.717, 1.165) is 30.4 Å². The molecule has 1 aliphatic carbocycles. The molecule has 0 bridgehead atoms. The van der Waals surface area contributed by atoms with Crippen LogP contribution in [0.25, 0.3) is 0 Å². The minimum Gasteiger partial charge on any atom is -0.356 e. The molecule has 2 fully saturated rings. The number of rotatable bonds is 3. The fourth-order valence-corrected chi connectivity index (χ4v) is 3.19. The molecule has 0 radical (unpaired) electrons. The monoisotopic (exact) mass is 284 g/mol. The SMILES string of the molecule is Cc1cc(N2CCCC(c3nncn3C3CC3)C2)ncn1. The van der Waals surface area contributed by atoms with Gasteiger partial charge in [0.15, 0.2) is 0 Å². The molecule has 1 aliphatic heterocycles. The Labute approximate surface area is 124 Å². The number of piperidine rings is 1. The smallest absolute Gasteiger partial charge is 0.137 e. The van der Waals surface area contributed by atoms with Gasteiger partial charge in [0.2, 0.25) is 0 Å². The molecule has 2 aromatic heterocycles. The predicted molar refractivity (Wildman–Crippen MR) is 79.3 cm³/mol. The number of hydrogen-bond acceptors (Lipinski definition) is 5. The Kier molecular flexibility index (Phi) is 3.09. The topological polar surface area (TPSA) is 59.7 Å². The van der Waals surface area contributed by atoms with Crippen LogP contribution < -0.4 is 4.90 Å². The first-order valence-corrected chi connectivity index (χ1v) is 7.74. The Bertz CT molecular complexity index is 633. The van der Waals surface area contributed by atoms with Crippen LogP contribution in [0.15, 0.2) is 18.7 Å². The maximum absolute atomic E-state index is 4.42. The van der Waals surface area contributed by atoms with Gasteiger partial charge in [0, 0.05) is 36.8 Å². The summed E-state index contributed by atoms with van der Waals surface area (Å²) < 4.78 is 2.29. The van der Waals surface area contributed by atoms with Gasteiger partial charge in [-0.25, -0.2) is 9.97 Å². The van der Waals surface area contributed by atoms with Gasteiger partial charge in [0.05, 0.1) is 0 Å². The minimum absolute atomic E-state index is 0.456. The third kappa shape index (κ3) is 2.50. The summed E-state index contributed by atoms with van der Waals surface area (Å²) in [4.78, 5) is 11.0. The fraction of sp³-hybridized carbons (Fsp3) is 0.600. The van der Waals surface area contributed by atoms with Crippen LogP contribution in [0, 0.1) is 6.92 Å². The van der Waals surface area contributed by atoms with Crippen molar-refractivity contribution >= 4 is 5.82 Å². The highest BCUT2D eigenvalue weighted by molar-refractivity contribution is 5.39. The second-order valence-corrected chi connectivity index (χ2v) is 6.13. The molecular weight excluding hydrogens is 264 g/mol. The Morgan fingerprint density at radius 2 is 2.10 bits per heavy atom. The van der Waals surface area contributed by atoms with Crippen molar-refractivity contribution < 1.29 is 0 Å². The molecule has 1 saturated carbocycles. The quantitative estimate of drug-likeness (QED) is 0.863. The molecule has 4 rings (SSSR count). The highest BCUT2D eigenvalue weighted by atomic mass is 15.3. The summed E-state index contributed by atoms with van der Waals surface area (Å²) in [5, 5.41) is 8.54. The third-order valence-electron chi connectivity index (χ3n) is 4.44. The number of anilines is 1. The van der Waals surface area contributed by atoms with E-state index >= 15 is 0 Å². The Balaban J connectivity index is 1.56. The first-order chi connectivity index (χ1) is 10.3. The number of nitrogens with zero attached hydrogens (tertiary/aromatic N) is 6. The summed E-state index contributed by atoms with van der Waals surface area (Å²) in [5.41, 5.74) is 1.02. The van der Waals surface area contributed by atoms with E-state index in [0.29, 0.717) is 12.0 Å². The molecule has 6 heteroatoms. The summed E-state index contributed by atoms with van der Waals surface area (Å²) in [6, 6.07) is 2.71. The van der Waals surface area contributed by atoms with Crippen LogP contribution in [0.2, 0.25) is 0 Å². The van der Waals surface area contributed by atoms with Gasteiger partial charge in [-0.05, 0) is 32.6 Å². The molecular formula is C15H20N6. The zero-order chi connectivity index (χ0) is 14.2. The molecule has 0 N–H and O–H groups in total. The van der Waals surface area contributed by atoms with Crippen LogP contribution in [0.4, 0.5) is 5.82 Å². The molecule has 21 heavy (non-hydrogen) atoms. The highest BCUT2D eigenvalue weighted by Crippen LogP contribution is 2.38. The van der Waals surface area contributed by atoms with E-state index in [4.69, 9.17) is 0 Å². The lowest BCUT2D eigenvalue weighted by atomic mass is 9.97. The van der Waals surface area contributed by atoms with Crippen LogP contribution in [0.5, 0.6) is 0 Å². The lowest BCUT2D eigenvalue weighted by molar-refractivity contribution is 0.469. The van der Waals surface area contributed by atoms with Crippen LogP contribution in [0.1, 0.15) is 49.2 Å². The predicted octanol–water partition coefficient (Wildman–Crippen LogP) is 2.10. The number of hydrogen-bond donors (Lipinski definition) is 0. The summed E-state index contributed by atoms with van der Waals surface area (Å²) in [6.07, 6.45) is 8.46. The first kappa shape index (κ1) is 12.7. The van der Waals surface area contributed by atoms with Crippen molar-refractivity contribution in [2.24, 2.45) is 0 Å². The lowest BCUT2D eigenvalue weighted by Gasteiger charge is -2.33. The summed E-state index contributed by atoms with van der Waals surface area (Å²) in [6.45, 7) is 4.04. The maximum Gasteiger partial charge on any atom is 0.137 e. The Hall–Kier alpha value is -1.98. The van der Waals surface area contributed by atoms with Gasteiger partial charge < -0.3 is 9.47 Å². The summed E-state index contributed by atoms with van der Waals surface area (Å²) >= 11 is 0. The minimum atomic E-state index is 0.456. The fourth-order valence-electron chi connectivity index (χ4n) is 3.19. The lowest BCUT2D eigenvalue weighted by Crippen LogP contribution is -2.36. The molecule has 2 aliphatic rings. The average Bonchev–Trinajstić information content (AvgIpc) is 3.24. The van der Waals surface area contributed by atoms with Crippen LogP contribution in [0.3, 0.4) is 0 Å². The molecule has 1 atom stereocenters. The molecule has 0 amide bonds. The number of aryl methyl sites for hydroxylation is 1. The van der Waals surface area contributed by atoms with Gasteiger partial charge in [-0.1, -0.05) is 0 Å². The van der Waals surface area contributed by atoms with E-state index in [9.17, 15) is 0 Å². The molecule has 0 aromatic carbocycles. The van der Waals surface area contributed by atoms with Crippen LogP contribution in [-0.2, 0) is 0 Å². The standard InChI is InChI=1S/C15H20N6/c1-11-7-14(17-9-16-11)20-6-2-3-12(8-20)15-19-18-10-21(15)13-4-5-13/h7,9-10,12-13H,2-6,8H2,1H3. The van der Waals surface area contributed by atoms with E-state index < -0.39 is 0 Å². The highest BCUT2D eigenvalue weighted by Gasteiger charge is 2.31. The van der Waals surface area contributed by atoms with Crippen molar-refractivity contribution in [3.05, 3.63) is 30.2 Å². The van der Waals surface area contributed by atoms with Gasteiger partial charge >= 0.3 is 0 Å². The van der Waals surface area contributed by atoms with Crippen molar-refractivity contribution in [3.63, 3.8) is 0 Å². The normalized spacial score (nSPS) is 22.5. The van der Waals surface area contributed by atoms with Crippen molar-refractivity contribution in [1.29, 1.82) is 0 Å². The molecule has 3 heterocycles. The van der Waals surface area contributed by atoms with Crippen LogP contribution in [-0.4, -0.2) is 37.8 Å². The van der Waals surface area contributed by atoms with Crippen LogP contribution >= 0.6 is 0 Å². The zero-order valence-corrected chi connectivity index (χ0v) is 12.3. The van der Waals surface area contributed by atoms with Gasteiger partial charge in [0.1, 0.15) is 24.3 Å².